The van der Waals surface area contributed by atoms with Crippen LogP contribution in [0.15, 0.2) is 88.8 Å². The van der Waals surface area contributed by atoms with E-state index in [1.165, 1.54) is 22.3 Å². The van der Waals surface area contributed by atoms with Gasteiger partial charge in [-0.3, -0.25) is 14.2 Å². The minimum absolute atomic E-state index is 0.0600. The summed E-state index contributed by atoms with van der Waals surface area (Å²) in [7, 11) is 0. The molecule has 1 heterocycles. The molecule has 4 aromatic rings. The van der Waals surface area contributed by atoms with Gasteiger partial charge in [-0.1, -0.05) is 73.3 Å². The van der Waals surface area contributed by atoms with Gasteiger partial charge in [0.1, 0.15) is 5.82 Å². The first kappa shape index (κ1) is 22.7. The molecule has 0 aliphatic rings. The number of rotatable bonds is 8. The predicted molar refractivity (Wildman–Crippen MR) is 131 cm³/mol. The number of nitrogens with zero attached hydrogens (tertiary/aromatic N) is 2. The number of hydrogen-bond donors (Lipinski definition) is 1. The fraction of sp³-hybridized carbons (Fsp3) is 0.192. The van der Waals surface area contributed by atoms with Gasteiger partial charge >= 0.3 is 0 Å². The minimum atomic E-state index is -0.531. The number of fused-ring (bicyclic) bond motifs is 1. The fourth-order valence-corrected chi connectivity index (χ4v) is 4.53. The van der Waals surface area contributed by atoms with E-state index in [4.69, 9.17) is 0 Å². The first-order valence-electron chi connectivity index (χ1n) is 10.8. The summed E-state index contributed by atoms with van der Waals surface area (Å²) in [6.07, 6.45) is 0.899. The lowest BCUT2D eigenvalue weighted by atomic mass is 9.96. The van der Waals surface area contributed by atoms with E-state index in [9.17, 15) is 14.0 Å². The maximum atomic E-state index is 14.6. The Morgan fingerprint density at radius 2 is 1.73 bits per heavy atom. The number of halogens is 1. The van der Waals surface area contributed by atoms with Crippen molar-refractivity contribution < 1.29 is 9.18 Å². The van der Waals surface area contributed by atoms with Gasteiger partial charge in [0.25, 0.3) is 5.56 Å². The zero-order valence-corrected chi connectivity index (χ0v) is 19.0. The Morgan fingerprint density at radius 1 is 1.03 bits per heavy atom. The molecule has 5 nitrogen and oxygen atoms in total. The van der Waals surface area contributed by atoms with Crippen LogP contribution in [0, 0.1) is 5.82 Å². The molecule has 0 saturated heterocycles. The van der Waals surface area contributed by atoms with Crippen molar-refractivity contribution in [1.82, 2.24) is 14.9 Å². The van der Waals surface area contributed by atoms with Crippen LogP contribution in [0.2, 0.25) is 0 Å². The molecule has 33 heavy (non-hydrogen) atoms. The molecule has 1 aromatic heterocycles. The van der Waals surface area contributed by atoms with Gasteiger partial charge in [-0.25, -0.2) is 9.37 Å². The number of carbonyl (C=O) groups is 1. The van der Waals surface area contributed by atoms with E-state index in [0.717, 1.165) is 18.2 Å². The summed E-state index contributed by atoms with van der Waals surface area (Å²) in [6, 6.07) is 23.0. The standard InChI is InChI=1S/C26H24FN3O2S/c1-2-18(19-10-4-3-5-11-19)16-28-24(31)17-33-26-29-22-14-8-6-12-20(22)25(32)30(26)23-15-9-7-13-21(23)27/h3-15,18H,2,16-17H2,1H3,(H,28,31). The molecule has 1 N–H and O–H groups in total. The Bertz CT molecular complexity index is 1320. The normalized spacial score (nSPS) is 11.9. The van der Waals surface area contributed by atoms with Crippen LogP contribution in [0.25, 0.3) is 16.6 Å². The van der Waals surface area contributed by atoms with Gasteiger partial charge in [-0.2, -0.15) is 0 Å². The third-order valence-electron chi connectivity index (χ3n) is 5.48. The number of hydrogen-bond acceptors (Lipinski definition) is 4. The number of carbonyl (C=O) groups excluding carboxylic acids is 1. The highest BCUT2D eigenvalue weighted by Gasteiger charge is 2.17. The summed E-state index contributed by atoms with van der Waals surface area (Å²) in [5.41, 5.74) is 1.42. The maximum Gasteiger partial charge on any atom is 0.266 e. The highest BCUT2D eigenvalue weighted by molar-refractivity contribution is 7.99. The molecule has 1 atom stereocenters. The van der Waals surface area contributed by atoms with E-state index >= 15 is 0 Å². The number of aromatic nitrogens is 2. The maximum absolute atomic E-state index is 14.6. The third kappa shape index (κ3) is 5.14. The van der Waals surface area contributed by atoms with E-state index in [1.807, 2.05) is 18.2 Å². The van der Waals surface area contributed by atoms with Gasteiger partial charge in [-0.05, 0) is 36.2 Å². The smallest absolute Gasteiger partial charge is 0.266 e. The highest BCUT2D eigenvalue weighted by atomic mass is 32.2. The molecule has 0 bridgehead atoms. The van der Waals surface area contributed by atoms with Crippen LogP contribution >= 0.6 is 11.8 Å². The molecule has 4 rings (SSSR count). The zero-order valence-electron chi connectivity index (χ0n) is 18.2. The number of thioether (sulfide) groups is 1. The Morgan fingerprint density at radius 3 is 2.48 bits per heavy atom. The van der Waals surface area contributed by atoms with Crippen molar-refractivity contribution in [3.8, 4) is 5.69 Å². The summed E-state index contributed by atoms with van der Waals surface area (Å²) in [5.74, 6) is -0.422. The van der Waals surface area contributed by atoms with E-state index in [0.29, 0.717) is 17.4 Å². The van der Waals surface area contributed by atoms with Gasteiger partial charge in [-0.15, -0.1) is 0 Å². The highest BCUT2D eigenvalue weighted by Crippen LogP contribution is 2.23. The number of nitrogens with one attached hydrogen (secondary N) is 1. The lowest BCUT2D eigenvalue weighted by Crippen LogP contribution is -2.30. The zero-order chi connectivity index (χ0) is 23.2. The average molecular weight is 462 g/mol. The van der Waals surface area contributed by atoms with Gasteiger partial charge in [0.2, 0.25) is 5.91 Å². The predicted octanol–water partition coefficient (Wildman–Crippen LogP) is 4.93. The molecule has 0 saturated carbocycles. The van der Waals surface area contributed by atoms with E-state index < -0.39 is 5.82 Å². The topological polar surface area (TPSA) is 64.0 Å². The van der Waals surface area contributed by atoms with Crippen LogP contribution in [0.3, 0.4) is 0 Å². The van der Waals surface area contributed by atoms with Crippen LogP contribution in [-0.4, -0.2) is 27.8 Å². The van der Waals surface area contributed by atoms with Crippen molar-refractivity contribution in [2.75, 3.05) is 12.3 Å². The molecule has 0 fully saturated rings. The second-order valence-corrected chi connectivity index (χ2v) is 8.55. The first-order valence-corrected chi connectivity index (χ1v) is 11.8. The van der Waals surface area contributed by atoms with Gasteiger partial charge < -0.3 is 5.32 Å². The Labute approximate surface area is 195 Å². The van der Waals surface area contributed by atoms with Crippen LogP contribution in [-0.2, 0) is 4.79 Å². The fourth-order valence-electron chi connectivity index (χ4n) is 3.70. The molecule has 0 aliphatic heterocycles. The Balaban J connectivity index is 1.56. The monoisotopic (exact) mass is 461 g/mol. The van der Waals surface area contributed by atoms with E-state index in [-0.39, 0.29) is 34.0 Å². The SMILES string of the molecule is CCC(CNC(=O)CSc1nc2ccccc2c(=O)n1-c1ccccc1F)c1ccccc1. The van der Waals surface area contributed by atoms with Gasteiger partial charge in [0.15, 0.2) is 5.16 Å². The molecule has 1 unspecified atom stereocenters. The van der Waals surface area contributed by atoms with Crippen molar-refractivity contribution in [3.63, 3.8) is 0 Å². The van der Waals surface area contributed by atoms with Crippen LogP contribution in [0.5, 0.6) is 0 Å². The second kappa shape index (κ2) is 10.4. The molecule has 168 valence electrons. The van der Waals surface area contributed by atoms with Gasteiger partial charge in [0.05, 0.1) is 22.3 Å². The van der Waals surface area contributed by atoms with E-state index in [2.05, 4.69) is 29.4 Å². The number of benzene rings is 3. The lowest BCUT2D eigenvalue weighted by Gasteiger charge is -2.17. The average Bonchev–Trinajstić information content (AvgIpc) is 2.85. The van der Waals surface area contributed by atoms with Crippen molar-refractivity contribution in [2.45, 2.75) is 24.4 Å². The first-order chi connectivity index (χ1) is 16.1. The minimum Gasteiger partial charge on any atom is -0.355 e. The second-order valence-electron chi connectivity index (χ2n) is 7.61. The van der Waals surface area contributed by atoms with Crippen LogP contribution in [0.1, 0.15) is 24.8 Å². The molecule has 0 spiro atoms. The molecule has 1 amide bonds. The van der Waals surface area contributed by atoms with Crippen molar-refractivity contribution in [1.29, 1.82) is 0 Å². The number of para-hydroxylation sites is 2. The lowest BCUT2D eigenvalue weighted by molar-refractivity contribution is -0.118. The van der Waals surface area contributed by atoms with E-state index in [1.54, 1.807) is 36.4 Å². The quantitative estimate of drug-likeness (QED) is 0.299. The van der Waals surface area contributed by atoms with Crippen molar-refractivity contribution in [3.05, 3.63) is 101 Å². The van der Waals surface area contributed by atoms with Crippen LogP contribution < -0.4 is 10.9 Å². The third-order valence-corrected chi connectivity index (χ3v) is 6.42. The largest absolute Gasteiger partial charge is 0.355 e. The summed E-state index contributed by atoms with van der Waals surface area (Å²) in [4.78, 5) is 30.4. The molecular formula is C26H24FN3O2S. The van der Waals surface area contributed by atoms with Crippen molar-refractivity contribution >= 4 is 28.6 Å². The van der Waals surface area contributed by atoms with Gasteiger partial charge in [0, 0.05) is 12.5 Å². The summed E-state index contributed by atoms with van der Waals surface area (Å²) in [6.45, 7) is 2.61. The molecule has 3 aromatic carbocycles. The summed E-state index contributed by atoms with van der Waals surface area (Å²) in [5, 5.41) is 3.64. The van der Waals surface area contributed by atoms with Crippen molar-refractivity contribution in [2.24, 2.45) is 0 Å². The molecular weight excluding hydrogens is 437 g/mol. The Hall–Kier alpha value is -3.45. The summed E-state index contributed by atoms with van der Waals surface area (Å²) < 4.78 is 15.8. The molecule has 0 aliphatic carbocycles. The summed E-state index contributed by atoms with van der Waals surface area (Å²) >= 11 is 1.12. The molecule has 7 heteroatoms. The Kier molecular flexibility index (Phi) is 7.19. The number of amides is 1. The molecule has 0 radical (unpaired) electrons. The van der Waals surface area contributed by atoms with Crippen LogP contribution in [0.4, 0.5) is 4.39 Å².